The molecule has 0 amide bonds. The summed E-state index contributed by atoms with van der Waals surface area (Å²) < 4.78 is 0. The molecule has 0 spiro atoms. The zero-order valence-electron chi connectivity index (χ0n) is 8.67. The number of rotatable bonds is 7. The van der Waals surface area contributed by atoms with E-state index in [2.05, 4.69) is 5.32 Å². The van der Waals surface area contributed by atoms with Gasteiger partial charge in [-0.1, -0.05) is 6.92 Å². The van der Waals surface area contributed by atoms with Crippen LogP contribution < -0.4 is 5.32 Å². The second-order valence-electron chi connectivity index (χ2n) is 3.29. The Morgan fingerprint density at radius 1 is 1.27 bits per heavy atom. The lowest BCUT2D eigenvalue weighted by Gasteiger charge is -2.25. The van der Waals surface area contributed by atoms with E-state index < -0.39 is 31.0 Å². The van der Waals surface area contributed by atoms with Crippen LogP contribution in [0.4, 0.5) is 0 Å². The van der Waals surface area contributed by atoms with Crippen LogP contribution >= 0.6 is 0 Å². The predicted molar refractivity (Wildman–Crippen MR) is 52.8 cm³/mol. The van der Waals surface area contributed by atoms with Gasteiger partial charge in [-0.3, -0.25) is 5.32 Å². The minimum absolute atomic E-state index is 0.525. The van der Waals surface area contributed by atoms with Crippen LogP contribution in [0.3, 0.4) is 0 Å². The highest BCUT2D eigenvalue weighted by Gasteiger charge is 2.30. The van der Waals surface area contributed by atoms with Crippen LogP contribution in [0.25, 0.3) is 0 Å². The van der Waals surface area contributed by atoms with E-state index in [-0.39, 0.29) is 0 Å². The molecule has 5 N–H and O–H groups in total. The van der Waals surface area contributed by atoms with Crippen LogP contribution in [-0.2, 0) is 0 Å². The van der Waals surface area contributed by atoms with E-state index in [1.807, 2.05) is 6.92 Å². The lowest BCUT2D eigenvalue weighted by atomic mass is 10.0. The standard InChI is InChI=1S/C9H18N2O4/c1-2-3-11-6(4-10)8(14)9(15)7(13)5-12/h6-9,11-15H,2-3,5H2,1H3/t6-,7+,8+,9+/m1/s1. The summed E-state index contributed by atoms with van der Waals surface area (Å²) in [6.07, 6.45) is -3.63. The number of aliphatic hydroxyl groups excluding tert-OH is 4. The predicted octanol–water partition coefficient (Wildman–Crippen LogP) is -2.05. The Balaban J connectivity index is 4.25. The van der Waals surface area contributed by atoms with Gasteiger partial charge in [-0.05, 0) is 13.0 Å². The zero-order chi connectivity index (χ0) is 11.8. The maximum atomic E-state index is 9.50. The number of aliphatic hydroxyl groups is 4. The molecule has 0 saturated carbocycles. The highest BCUT2D eigenvalue weighted by Crippen LogP contribution is 2.04. The molecule has 0 rings (SSSR count). The molecule has 0 heterocycles. The summed E-state index contributed by atoms with van der Waals surface area (Å²) in [5, 5.41) is 47.9. The van der Waals surface area contributed by atoms with Crippen LogP contribution in [0.2, 0.25) is 0 Å². The number of nitriles is 1. The number of nitrogens with zero attached hydrogens (tertiary/aromatic N) is 1. The van der Waals surface area contributed by atoms with Crippen molar-refractivity contribution in [3.8, 4) is 6.07 Å². The van der Waals surface area contributed by atoms with Crippen molar-refractivity contribution in [1.82, 2.24) is 5.32 Å². The average molecular weight is 218 g/mol. The molecule has 6 heteroatoms. The Bertz CT molecular complexity index is 207. The van der Waals surface area contributed by atoms with Gasteiger partial charge in [0.2, 0.25) is 0 Å². The van der Waals surface area contributed by atoms with Gasteiger partial charge in [-0.15, -0.1) is 0 Å². The second-order valence-corrected chi connectivity index (χ2v) is 3.29. The normalized spacial score (nSPS) is 18.9. The Hall–Kier alpha value is -0.710. The highest BCUT2D eigenvalue weighted by molar-refractivity contribution is 4.99. The van der Waals surface area contributed by atoms with Crippen molar-refractivity contribution in [3.05, 3.63) is 0 Å². The zero-order valence-corrected chi connectivity index (χ0v) is 8.67. The summed E-state index contributed by atoms with van der Waals surface area (Å²) in [5.74, 6) is 0. The van der Waals surface area contributed by atoms with E-state index in [1.54, 1.807) is 6.07 Å². The summed E-state index contributed by atoms with van der Waals surface area (Å²) in [5.41, 5.74) is 0. The van der Waals surface area contributed by atoms with E-state index in [9.17, 15) is 10.2 Å². The smallest absolute Gasteiger partial charge is 0.124 e. The first kappa shape index (κ1) is 14.3. The molecule has 15 heavy (non-hydrogen) atoms. The minimum atomic E-state index is -1.54. The van der Waals surface area contributed by atoms with E-state index in [4.69, 9.17) is 15.5 Å². The van der Waals surface area contributed by atoms with Gasteiger partial charge in [0, 0.05) is 0 Å². The fourth-order valence-corrected chi connectivity index (χ4v) is 1.08. The maximum Gasteiger partial charge on any atom is 0.124 e. The molecule has 0 aromatic carbocycles. The van der Waals surface area contributed by atoms with Crippen molar-refractivity contribution in [2.75, 3.05) is 13.2 Å². The highest BCUT2D eigenvalue weighted by atomic mass is 16.4. The lowest BCUT2D eigenvalue weighted by molar-refractivity contribution is -0.0814. The molecule has 0 unspecified atom stereocenters. The van der Waals surface area contributed by atoms with Crippen molar-refractivity contribution in [2.24, 2.45) is 0 Å². The van der Waals surface area contributed by atoms with Crippen LogP contribution in [-0.4, -0.2) is 57.9 Å². The van der Waals surface area contributed by atoms with Crippen molar-refractivity contribution < 1.29 is 20.4 Å². The first-order valence-electron chi connectivity index (χ1n) is 4.86. The molecule has 4 atom stereocenters. The summed E-state index contributed by atoms with van der Waals surface area (Å²) >= 11 is 0. The summed E-state index contributed by atoms with van der Waals surface area (Å²) in [4.78, 5) is 0. The third-order valence-electron chi connectivity index (χ3n) is 2.03. The lowest BCUT2D eigenvalue weighted by Crippen LogP contribution is -2.50. The van der Waals surface area contributed by atoms with Crippen LogP contribution in [0.15, 0.2) is 0 Å². The van der Waals surface area contributed by atoms with Crippen molar-refractivity contribution >= 4 is 0 Å². The fraction of sp³-hybridized carbons (Fsp3) is 0.889. The van der Waals surface area contributed by atoms with E-state index >= 15 is 0 Å². The summed E-state index contributed by atoms with van der Waals surface area (Å²) in [7, 11) is 0. The SMILES string of the molecule is CCCN[C@H](C#N)[C@H](O)[C@@H](O)[C@@H](O)CO. The Labute approximate surface area is 88.8 Å². The van der Waals surface area contributed by atoms with E-state index in [1.165, 1.54) is 0 Å². The largest absolute Gasteiger partial charge is 0.394 e. The third-order valence-corrected chi connectivity index (χ3v) is 2.03. The summed E-state index contributed by atoms with van der Waals surface area (Å²) in [6.45, 7) is 1.76. The first-order chi connectivity index (χ1) is 7.08. The second kappa shape index (κ2) is 7.56. The molecule has 0 aliphatic carbocycles. The molecular formula is C9H18N2O4. The molecule has 0 aliphatic heterocycles. The van der Waals surface area contributed by atoms with Gasteiger partial charge in [0.05, 0.1) is 12.7 Å². The molecule has 88 valence electrons. The number of nitrogens with one attached hydrogen (secondary N) is 1. The molecule has 0 saturated heterocycles. The molecule has 6 nitrogen and oxygen atoms in total. The van der Waals surface area contributed by atoms with Gasteiger partial charge in [0.15, 0.2) is 0 Å². The van der Waals surface area contributed by atoms with Crippen molar-refractivity contribution in [3.63, 3.8) is 0 Å². The first-order valence-corrected chi connectivity index (χ1v) is 4.86. The van der Waals surface area contributed by atoms with Crippen molar-refractivity contribution in [1.29, 1.82) is 5.26 Å². The molecule has 0 radical (unpaired) electrons. The Morgan fingerprint density at radius 2 is 1.87 bits per heavy atom. The Morgan fingerprint density at radius 3 is 2.27 bits per heavy atom. The van der Waals surface area contributed by atoms with E-state index in [0.29, 0.717) is 6.54 Å². The monoisotopic (exact) mass is 218 g/mol. The summed E-state index contributed by atoms with van der Waals surface area (Å²) in [6, 6.07) is 0.825. The molecule has 0 aromatic rings. The van der Waals surface area contributed by atoms with Gasteiger partial charge in [0.1, 0.15) is 24.4 Å². The quantitative estimate of drug-likeness (QED) is 0.336. The van der Waals surface area contributed by atoms with Gasteiger partial charge in [-0.25, -0.2) is 0 Å². The van der Waals surface area contributed by atoms with Gasteiger partial charge < -0.3 is 20.4 Å². The van der Waals surface area contributed by atoms with Gasteiger partial charge in [0.25, 0.3) is 0 Å². The number of hydrogen-bond donors (Lipinski definition) is 5. The van der Waals surface area contributed by atoms with Gasteiger partial charge >= 0.3 is 0 Å². The molecule has 0 aliphatic rings. The topological polar surface area (TPSA) is 117 Å². The third kappa shape index (κ3) is 4.55. The van der Waals surface area contributed by atoms with Crippen LogP contribution in [0, 0.1) is 11.3 Å². The molecule has 0 fully saturated rings. The average Bonchev–Trinajstić information content (AvgIpc) is 2.27. The Kier molecular flexibility index (Phi) is 7.21. The molecule has 0 aromatic heterocycles. The number of hydrogen-bond acceptors (Lipinski definition) is 6. The maximum absolute atomic E-state index is 9.50. The van der Waals surface area contributed by atoms with E-state index in [0.717, 1.165) is 6.42 Å². The van der Waals surface area contributed by atoms with Crippen molar-refractivity contribution in [2.45, 2.75) is 37.7 Å². The fourth-order valence-electron chi connectivity index (χ4n) is 1.08. The minimum Gasteiger partial charge on any atom is -0.394 e. The molecular weight excluding hydrogens is 200 g/mol. The van der Waals surface area contributed by atoms with Crippen LogP contribution in [0.5, 0.6) is 0 Å². The van der Waals surface area contributed by atoms with Crippen LogP contribution in [0.1, 0.15) is 13.3 Å². The van der Waals surface area contributed by atoms with Gasteiger partial charge in [-0.2, -0.15) is 5.26 Å². The molecule has 0 bridgehead atoms.